The number of aryl methyl sites for hydroxylation is 1. The smallest absolute Gasteiger partial charge is 0.144 e. The molecule has 0 saturated heterocycles. The van der Waals surface area contributed by atoms with Crippen LogP contribution in [-0.2, 0) is 12.8 Å². The van der Waals surface area contributed by atoms with Crippen LogP contribution < -0.4 is 4.74 Å². The lowest BCUT2D eigenvalue weighted by molar-refractivity contribution is 0.487. The molecule has 45 heavy (non-hydrogen) atoms. The van der Waals surface area contributed by atoms with Gasteiger partial charge in [0.2, 0.25) is 0 Å². The lowest BCUT2D eigenvalue weighted by atomic mass is 9.82. The standard InChI is InChI=1S/C42H22O3/c1-5-21-13-16-26-27(19-24-8-3-10-29-36(24)38(26)39-32(43-29)17-14-22(6-1)34(21)39)28-20-25-9-4-11-30-37(25)41-40-33(44-30)18-15-23-7-2-12-31(35(23)40)45-42(28)41/h1-12,14-15,17-20H,13,16H2. The quantitative estimate of drug-likeness (QED) is 0.144. The molecule has 3 heterocycles. The monoisotopic (exact) mass is 574 g/mol. The van der Waals surface area contributed by atoms with E-state index in [4.69, 9.17) is 13.6 Å². The molecule has 0 bridgehead atoms. The van der Waals surface area contributed by atoms with Crippen molar-refractivity contribution in [3.8, 4) is 44.9 Å². The van der Waals surface area contributed by atoms with Crippen LogP contribution in [-0.4, -0.2) is 0 Å². The number of rotatable bonds is 1. The van der Waals surface area contributed by atoms with Gasteiger partial charge in [0.1, 0.15) is 33.8 Å². The first-order valence-corrected chi connectivity index (χ1v) is 15.6. The van der Waals surface area contributed by atoms with E-state index < -0.39 is 0 Å². The second kappa shape index (κ2) is 7.64. The first-order valence-electron chi connectivity index (χ1n) is 15.6. The van der Waals surface area contributed by atoms with E-state index in [1.165, 1.54) is 49.4 Å². The van der Waals surface area contributed by atoms with E-state index in [-0.39, 0.29) is 0 Å². The molecule has 0 radical (unpaired) electrons. The maximum Gasteiger partial charge on any atom is 0.144 e. The third kappa shape index (κ3) is 2.66. The molecule has 3 nitrogen and oxygen atoms in total. The Morgan fingerprint density at radius 3 is 2.04 bits per heavy atom. The summed E-state index contributed by atoms with van der Waals surface area (Å²) in [5.74, 6) is 1.87. The van der Waals surface area contributed by atoms with Gasteiger partial charge in [0.15, 0.2) is 0 Å². The van der Waals surface area contributed by atoms with Gasteiger partial charge < -0.3 is 13.6 Å². The van der Waals surface area contributed by atoms with Crippen molar-refractivity contribution in [2.75, 3.05) is 0 Å². The lowest BCUT2D eigenvalue weighted by Crippen LogP contribution is -2.03. The molecule has 0 N–H and O–H groups in total. The van der Waals surface area contributed by atoms with E-state index >= 15 is 0 Å². The predicted molar refractivity (Wildman–Crippen MR) is 182 cm³/mol. The van der Waals surface area contributed by atoms with Gasteiger partial charge in [-0.25, -0.2) is 0 Å². The number of hydrogen-bond donors (Lipinski definition) is 0. The van der Waals surface area contributed by atoms with Crippen LogP contribution in [0, 0.1) is 0 Å². The van der Waals surface area contributed by atoms with Gasteiger partial charge in [-0.05, 0) is 98.9 Å². The molecule has 0 spiro atoms. The fourth-order valence-corrected chi connectivity index (χ4v) is 8.69. The molecular weight excluding hydrogens is 552 g/mol. The van der Waals surface area contributed by atoms with Gasteiger partial charge in [-0.15, -0.1) is 0 Å². The summed E-state index contributed by atoms with van der Waals surface area (Å²) in [7, 11) is 0. The normalized spacial score (nSPS) is 13.8. The summed E-state index contributed by atoms with van der Waals surface area (Å²) >= 11 is 0. The van der Waals surface area contributed by atoms with Gasteiger partial charge in [-0.3, -0.25) is 0 Å². The van der Waals surface area contributed by atoms with Crippen molar-refractivity contribution in [2.45, 2.75) is 12.8 Å². The van der Waals surface area contributed by atoms with E-state index in [2.05, 4.69) is 109 Å². The zero-order chi connectivity index (χ0) is 29.0. The minimum atomic E-state index is 0.878. The van der Waals surface area contributed by atoms with E-state index in [0.717, 1.165) is 84.9 Å². The van der Waals surface area contributed by atoms with E-state index in [1.54, 1.807) is 0 Å². The minimum Gasteiger partial charge on any atom is -0.456 e. The molecule has 0 unspecified atom stereocenters. The van der Waals surface area contributed by atoms with Gasteiger partial charge >= 0.3 is 0 Å². The summed E-state index contributed by atoms with van der Waals surface area (Å²) in [5, 5.41) is 9.53. The van der Waals surface area contributed by atoms with E-state index in [9.17, 15) is 0 Å². The Morgan fingerprint density at radius 2 is 1.13 bits per heavy atom. The highest BCUT2D eigenvalue weighted by atomic mass is 16.5. The summed E-state index contributed by atoms with van der Waals surface area (Å²) < 4.78 is 20.2. The molecule has 8 aromatic rings. The Hall–Kier alpha value is -5.80. The summed E-state index contributed by atoms with van der Waals surface area (Å²) in [4.78, 5) is 0. The first-order chi connectivity index (χ1) is 22.3. The molecule has 208 valence electrons. The summed E-state index contributed by atoms with van der Waals surface area (Å²) in [5.41, 5.74) is 13.5. The van der Waals surface area contributed by atoms with Gasteiger partial charge in [0.05, 0.1) is 0 Å². The molecular formula is C42H22O3. The number of hydrogen-bond acceptors (Lipinski definition) is 3. The number of ether oxygens (including phenoxy) is 1. The molecule has 4 aliphatic rings. The van der Waals surface area contributed by atoms with Crippen molar-refractivity contribution in [3.63, 3.8) is 0 Å². The Bertz CT molecular complexity index is 2900. The Kier molecular flexibility index (Phi) is 3.85. The van der Waals surface area contributed by atoms with Gasteiger partial charge in [0.25, 0.3) is 0 Å². The third-order valence-corrected chi connectivity index (χ3v) is 10.5. The van der Waals surface area contributed by atoms with Crippen molar-refractivity contribution in [1.29, 1.82) is 0 Å². The summed E-state index contributed by atoms with van der Waals surface area (Å²) in [6.07, 6.45) is 1.89. The topological polar surface area (TPSA) is 35.5 Å². The van der Waals surface area contributed by atoms with E-state index in [0.29, 0.717) is 0 Å². The molecule has 0 aromatic heterocycles. The van der Waals surface area contributed by atoms with Crippen LogP contribution >= 0.6 is 0 Å². The van der Waals surface area contributed by atoms with Gasteiger partial charge in [-0.1, -0.05) is 66.7 Å². The average molecular weight is 575 g/mol. The maximum absolute atomic E-state index is 7.03. The molecule has 0 saturated carbocycles. The molecule has 1 aliphatic carbocycles. The van der Waals surface area contributed by atoms with Crippen LogP contribution in [0.3, 0.4) is 0 Å². The average Bonchev–Trinajstić information content (AvgIpc) is 3.26. The maximum atomic E-state index is 7.03. The highest BCUT2D eigenvalue weighted by molar-refractivity contribution is 6.26. The Morgan fingerprint density at radius 1 is 0.422 bits per heavy atom. The molecule has 12 rings (SSSR count). The molecule has 8 aromatic carbocycles. The number of benzene rings is 8. The van der Waals surface area contributed by atoms with Crippen LogP contribution in [0.1, 0.15) is 11.1 Å². The molecule has 3 heteroatoms. The summed E-state index contributed by atoms with van der Waals surface area (Å²) in [6, 6.07) is 39.2. The lowest BCUT2D eigenvalue weighted by Gasteiger charge is -2.27. The Balaban J connectivity index is 1.31. The predicted octanol–water partition coefficient (Wildman–Crippen LogP) is 11.9. The molecule has 0 fully saturated rings. The van der Waals surface area contributed by atoms with Crippen molar-refractivity contribution >= 4 is 65.4 Å². The van der Waals surface area contributed by atoms with Crippen molar-refractivity contribution < 1.29 is 13.6 Å². The second-order valence-corrected chi connectivity index (χ2v) is 12.7. The van der Waals surface area contributed by atoms with Crippen LogP contribution in [0.15, 0.2) is 118 Å². The second-order valence-electron chi connectivity index (χ2n) is 12.7. The van der Waals surface area contributed by atoms with Gasteiger partial charge in [-0.2, -0.15) is 0 Å². The van der Waals surface area contributed by atoms with Gasteiger partial charge in [0, 0.05) is 44.0 Å². The highest BCUT2D eigenvalue weighted by Gasteiger charge is 2.32. The fourth-order valence-electron chi connectivity index (χ4n) is 8.69. The summed E-state index contributed by atoms with van der Waals surface area (Å²) in [6.45, 7) is 0. The molecule has 0 atom stereocenters. The van der Waals surface area contributed by atoms with Crippen molar-refractivity contribution in [3.05, 3.63) is 120 Å². The third-order valence-electron chi connectivity index (χ3n) is 10.5. The van der Waals surface area contributed by atoms with Crippen LogP contribution in [0.2, 0.25) is 0 Å². The van der Waals surface area contributed by atoms with Crippen LogP contribution in [0.25, 0.3) is 98.8 Å². The largest absolute Gasteiger partial charge is 0.456 e. The minimum absolute atomic E-state index is 0.878. The van der Waals surface area contributed by atoms with Crippen molar-refractivity contribution in [2.24, 2.45) is 0 Å². The van der Waals surface area contributed by atoms with Crippen LogP contribution in [0.5, 0.6) is 11.5 Å². The van der Waals surface area contributed by atoms with Crippen LogP contribution in [0.4, 0.5) is 0 Å². The Labute approximate surface area is 256 Å². The zero-order valence-corrected chi connectivity index (χ0v) is 24.0. The van der Waals surface area contributed by atoms with E-state index in [1.807, 2.05) is 0 Å². The molecule has 0 amide bonds. The van der Waals surface area contributed by atoms with Crippen molar-refractivity contribution in [1.82, 2.24) is 0 Å². The first kappa shape index (κ1) is 22.7. The highest BCUT2D eigenvalue weighted by Crippen LogP contribution is 2.56. The SMILES string of the molecule is c1cc2c3c4c(ccc3c1)Oc1cccc3cc(-c5cc6cccc7oc8ccc9cccc%10oc5c(c67)-c8c9%10)c(c-4c13)CC2. The fraction of sp³-hybridized carbons (Fsp3) is 0.0476. The molecule has 3 aliphatic heterocycles. The zero-order valence-electron chi connectivity index (χ0n) is 24.0.